The Kier molecular flexibility index (Phi) is 6.17. The number of hydrogen-bond acceptors (Lipinski definition) is 3. The Morgan fingerprint density at radius 1 is 1.04 bits per heavy atom. The van der Waals surface area contributed by atoms with Crippen LogP contribution in [-0.4, -0.2) is 16.6 Å². The normalized spacial score (nSPS) is 12.7. The van der Waals surface area contributed by atoms with Crippen molar-refractivity contribution in [2.45, 2.75) is 33.6 Å². The summed E-state index contributed by atoms with van der Waals surface area (Å²) in [5, 5.41) is 0.545. The van der Waals surface area contributed by atoms with E-state index in [1.54, 1.807) is 18.3 Å². The number of ether oxygens (including phenoxy) is 1. The average Bonchev–Trinajstić information content (AvgIpc) is 2.65. The molecule has 1 aromatic carbocycles. The number of fused-ring (bicyclic) bond motifs is 1. The molecule has 0 N–H and O–H groups in total. The van der Waals surface area contributed by atoms with Gasteiger partial charge in [-0.2, -0.15) is 0 Å². The van der Waals surface area contributed by atoms with Gasteiger partial charge in [-0.05, 0) is 54.2 Å². The molecule has 0 aliphatic rings. The molecule has 0 amide bonds. The van der Waals surface area contributed by atoms with Gasteiger partial charge in [-0.1, -0.05) is 20.8 Å². The highest BCUT2D eigenvalue weighted by atomic mass is 19.3. The summed E-state index contributed by atoms with van der Waals surface area (Å²) in [6.45, 7) is 6.56. The van der Waals surface area contributed by atoms with Crippen molar-refractivity contribution in [2.24, 2.45) is 11.8 Å². The standard InChI is InChI=1S/C22H23F3N2O/c1-13(2)8-14(3)12-28-22-19(21(24)25)9-15(11-27-22)17-6-7-26-20-5-4-16(23)10-18(17)20/h4-7,9-11,13-14,21H,8,12H2,1-3H3. The summed E-state index contributed by atoms with van der Waals surface area (Å²) in [4.78, 5) is 8.34. The largest absolute Gasteiger partial charge is 0.477 e. The first kappa shape index (κ1) is 20.1. The first-order valence-electron chi connectivity index (χ1n) is 9.30. The van der Waals surface area contributed by atoms with Crippen molar-refractivity contribution < 1.29 is 17.9 Å². The number of rotatable bonds is 7. The molecule has 0 fully saturated rings. The molecule has 0 saturated carbocycles. The van der Waals surface area contributed by atoms with Gasteiger partial charge in [-0.15, -0.1) is 0 Å². The maximum atomic E-state index is 13.7. The van der Waals surface area contributed by atoms with Crippen LogP contribution in [0.4, 0.5) is 13.2 Å². The first-order valence-corrected chi connectivity index (χ1v) is 9.30. The van der Waals surface area contributed by atoms with Gasteiger partial charge in [-0.3, -0.25) is 4.98 Å². The van der Waals surface area contributed by atoms with Crippen LogP contribution >= 0.6 is 0 Å². The second-order valence-corrected chi connectivity index (χ2v) is 7.48. The van der Waals surface area contributed by atoms with Crippen molar-refractivity contribution in [3.8, 4) is 17.0 Å². The van der Waals surface area contributed by atoms with Crippen molar-refractivity contribution in [1.82, 2.24) is 9.97 Å². The summed E-state index contributed by atoms with van der Waals surface area (Å²) in [5.41, 5.74) is 1.38. The molecule has 0 aliphatic heterocycles. The van der Waals surface area contributed by atoms with E-state index in [2.05, 4.69) is 23.8 Å². The topological polar surface area (TPSA) is 35.0 Å². The Morgan fingerprint density at radius 2 is 1.82 bits per heavy atom. The molecule has 0 spiro atoms. The lowest BCUT2D eigenvalue weighted by Crippen LogP contribution is -2.12. The minimum absolute atomic E-state index is 0.0566. The summed E-state index contributed by atoms with van der Waals surface area (Å²) in [6.07, 6.45) is 1.26. The van der Waals surface area contributed by atoms with Crippen molar-refractivity contribution in [1.29, 1.82) is 0 Å². The molecule has 148 valence electrons. The number of alkyl halides is 2. The number of benzene rings is 1. The molecule has 2 aromatic heterocycles. The molecule has 0 saturated heterocycles. The number of halogens is 3. The van der Waals surface area contributed by atoms with Gasteiger partial charge in [0.15, 0.2) is 0 Å². The van der Waals surface area contributed by atoms with E-state index in [-0.39, 0.29) is 17.4 Å². The first-order chi connectivity index (χ1) is 13.3. The SMILES string of the molecule is CC(C)CC(C)COc1ncc(-c2ccnc3ccc(F)cc23)cc1C(F)F. The van der Waals surface area contributed by atoms with E-state index in [9.17, 15) is 13.2 Å². The molecule has 3 rings (SSSR count). The number of nitrogens with zero attached hydrogens (tertiary/aromatic N) is 2. The molecular weight excluding hydrogens is 365 g/mol. The fourth-order valence-electron chi connectivity index (χ4n) is 3.36. The fourth-order valence-corrected chi connectivity index (χ4v) is 3.36. The lowest BCUT2D eigenvalue weighted by Gasteiger charge is -2.17. The van der Waals surface area contributed by atoms with Crippen LogP contribution in [-0.2, 0) is 0 Å². The maximum absolute atomic E-state index is 13.7. The lowest BCUT2D eigenvalue weighted by atomic mass is 10.00. The van der Waals surface area contributed by atoms with E-state index >= 15 is 0 Å². The van der Waals surface area contributed by atoms with Gasteiger partial charge >= 0.3 is 0 Å². The summed E-state index contributed by atoms with van der Waals surface area (Å²) < 4.78 is 46.6. The van der Waals surface area contributed by atoms with Gasteiger partial charge in [0.2, 0.25) is 5.88 Å². The molecule has 0 bridgehead atoms. The van der Waals surface area contributed by atoms with Crippen LogP contribution in [0, 0.1) is 17.7 Å². The summed E-state index contributed by atoms with van der Waals surface area (Å²) in [7, 11) is 0. The Morgan fingerprint density at radius 3 is 2.54 bits per heavy atom. The smallest absolute Gasteiger partial charge is 0.269 e. The molecule has 0 aliphatic carbocycles. The third-order valence-electron chi connectivity index (χ3n) is 4.51. The Balaban J connectivity index is 1.94. The predicted molar refractivity (Wildman–Crippen MR) is 104 cm³/mol. The van der Waals surface area contributed by atoms with E-state index in [1.807, 2.05) is 6.92 Å². The van der Waals surface area contributed by atoms with Gasteiger partial charge in [0.05, 0.1) is 17.7 Å². The highest BCUT2D eigenvalue weighted by Crippen LogP contribution is 2.34. The molecule has 6 heteroatoms. The van der Waals surface area contributed by atoms with Gasteiger partial charge < -0.3 is 4.74 Å². The van der Waals surface area contributed by atoms with Crippen molar-refractivity contribution in [2.75, 3.05) is 6.61 Å². The molecule has 28 heavy (non-hydrogen) atoms. The van der Waals surface area contributed by atoms with Crippen LogP contribution in [0.2, 0.25) is 0 Å². The monoisotopic (exact) mass is 388 g/mol. The zero-order valence-electron chi connectivity index (χ0n) is 16.1. The minimum Gasteiger partial charge on any atom is -0.477 e. The zero-order chi connectivity index (χ0) is 20.3. The van der Waals surface area contributed by atoms with Gasteiger partial charge in [0, 0.05) is 23.3 Å². The molecule has 2 heterocycles. The third-order valence-corrected chi connectivity index (χ3v) is 4.51. The quantitative estimate of drug-likeness (QED) is 0.467. The average molecular weight is 388 g/mol. The minimum atomic E-state index is -2.73. The van der Waals surface area contributed by atoms with E-state index < -0.39 is 12.2 Å². The van der Waals surface area contributed by atoms with Crippen LogP contribution in [0.15, 0.2) is 42.7 Å². The summed E-state index contributed by atoms with van der Waals surface area (Å²) in [6, 6.07) is 7.25. The number of aromatic nitrogens is 2. The van der Waals surface area contributed by atoms with Crippen LogP contribution in [0.1, 0.15) is 39.2 Å². The van der Waals surface area contributed by atoms with E-state index in [4.69, 9.17) is 4.74 Å². The molecular formula is C22H23F3N2O. The Labute approximate surface area is 162 Å². The molecule has 1 unspecified atom stereocenters. The summed E-state index contributed by atoms with van der Waals surface area (Å²) >= 11 is 0. The van der Waals surface area contributed by atoms with E-state index in [1.165, 1.54) is 24.4 Å². The van der Waals surface area contributed by atoms with Crippen LogP contribution in [0.25, 0.3) is 22.0 Å². The molecule has 3 nitrogen and oxygen atoms in total. The van der Waals surface area contributed by atoms with Crippen molar-refractivity contribution in [3.05, 3.63) is 54.1 Å². The second-order valence-electron chi connectivity index (χ2n) is 7.48. The van der Waals surface area contributed by atoms with Crippen LogP contribution in [0.5, 0.6) is 5.88 Å². The summed E-state index contributed by atoms with van der Waals surface area (Å²) in [5.74, 6) is 0.268. The number of pyridine rings is 2. The van der Waals surface area contributed by atoms with Crippen molar-refractivity contribution >= 4 is 10.9 Å². The number of hydrogen-bond donors (Lipinski definition) is 0. The van der Waals surface area contributed by atoms with Crippen LogP contribution < -0.4 is 4.74 Å². The highest BCUT2D eigenvalue weighted by Gasteiger charge is 2.19. The van der Waals surface area contributed by atoms with E-state index in [0.29, 0.717) is 34.6 Å². The molecule has 1 atom stereocenters. The lowest BCUT2D eigenvalue weighted by molar-refractivity contribution is 0.140. The predicted octanol–water partition coefficient (Wildman–Crippen LogP) is 6.43. The highest BCUT2D eigenvalue weighted by molar-refractivity contribution is 5.94. The van der Waals surface area contributed by atoms with Crippen LogP contribution in [0.3, 0.4) is 0 Å². The molecule has 3 aromatic rings. The molecule has 0 radical (unpaired) electrons. The Hall–Kier alpha value is -2.63. The zero-order valence-corrected chi connectivity index (χ0v) is 16.1. The van der Waals surface area contributed by atoms with Crippen molar-refractivity contribution in [3.63, 3.8) is 0 Å². The van der Waals surface area contributed by atoms with E-state index in [0.717, 1.165) is 6.42 Å². The fraction of sp³-hybridized carbons (Fsp3) is 0.364. The third kappa shape index (κ3) is 4.61. The van der Waals surface area contributed by atoms with Gasteiger partial charge in [0.25, 0.3) is 6.43 Å². The second kappa shape index (κ2) is 8.59. The van der Waals surface area contributed by atoms with Gasteiger partial charge in [-0.25, -0.2) is 18.2 Å². The Bertz CT molecular complexity index is 960. The van der Waals surface area contributed by atoms with Gasteiger partial charge in [0.1, 0.15) is 5.82 Å². The maximum Gasteiger partial charge on any atom is 0.269 e.